The largest absolute Gasteiger partial charge is 0.293 e. The van der Waals surface area contributed by atoms with Crippen molar-refractivity contribution >= 4 is 40.1 Å². The van der Waals surface area contributed by atoms with Crippen LogP contribution in [0.5, 0.6) is 0 Å². The molecular formula is C9H6INOS. The minimum absolute atomic E-state index is 0.00273. The summed E-state index contributed by atoms with van der Waals surface area (Å²) in [7, 11) is 0. The van der Waals surface area contributed by atoms with E-state index in [9.17, 15) is 4.79 Å². The molecule has 0 aliphatic carbocycles. The number of carbonyl (C=O) groups is 1. The zero-order valence-corrected chi connectivity index (χ0v) is 9.63. The molecule has 4 heteroatoms. The van der Waals surface area contributed by atoms with Crippen LogP contribution in [0.1, 0.15) is 10.4 Å². The van der Waals surface area contributed by atoms with Crippen LogP contribution < -0.4 is 0 Å². The van der Waals surface area contributed by atoms with Crippen LogP contribution in [0.2, 0.25) is 0 Å². The topological polar surface area (TPSA) is 40.9 Å². The number of thiocyanates is 1. The lowest BCUT2D eigenvalue weighted by Crippen LogP contribution is -2.01. The quantitative estimate of drug-likeness (QED) is 0.490. The molecule has 1 aromatic rings. The van der Waals surface area contributed by atoms with Gasteiger partial charge in [-0.15, -0.1) is 0 Å². The molecule has 0 amide bonds. The van der Waals surface area contributed by atoms with E-state index >= 15 is 0 Å². The average Bonchev–Trinajstić information content (AvgIpc) is 2.15. The van der Waals surface area contributed by atoms with Gasteiger partial charge in [0, 0.05) is 9.13 Å². The van der Waals surface area contributed by atoms with Gasteiger partial charge >= 0.3 is 0 Å². The Labute approximate surface area is 94.5 Å². The van der Waals surface area contributed by atoms with E-state index in [0.29, 0.717) is 5.56 Å². The molecule has 0 aromatic heterocycles. The fourth-order valence-electron chi connectivity index (χ4n) is 0.817. The molecule has 0 spiro atoms. The first-order valence-electron chi connectivity index (χ1n) is 3.53. The van der Waals surface area contributed by atoms with Crippen LogP contribution in [0, 0.1) is 14.2 Å². The molecule has 0 N–H and O–H groups in total. The van der Waals surface area contributed by atoms with Crippen LogP contribution in [0.15, 0.2) is 24.3 Å². The van der Waals surface area contributed by atoms with Crippen LogP contribution in [0.25, 0.3) is 0 Å². The molecule has 0 bridgehead atoms. The molecule has 0 aliphatic heterocycles. The number of ketones is 1. The number of nitriles is 1. The van der Waals surface area contributed by atoms with E-state index in [1.807, 2.05) is 17.5 Å². The summed E-state index contributed by atoms with van der Waals surface area (Å²) < 4.78 is 1.10. The molecule has 13 heavy (non-hydrogen) atoms. The predicted octanol–water partition coefficient (Wildman–Crippen LogP) is 2.69. The number of halogens is 1. The van der Waals surface area contributed by atoms with Crippen molar-refractivity contribution in [1.29, 1.82) is 5.26 Å². The molecule has 0 fully saturated rings. The Kier molecular flexibility index (Phi) is 4.25. The maximum absolute atomic E-state index is 11.3. The molecule has 0 aliphatic rings. The Hall–Kier alpha value is -0.540. The van der Waals surface area contributed by atoms with E-state index < -0.39 is 0 Å². The van der Waals surface area contributed by atoms with Gasteiger partial charge in [-0.25, -0.2) is 0 Å². The molecule has 1 aromatic carbocycles. The van der Waals surface area contributed by atoms with Crippen molar-refractivity contribution in [3.05, 3.63) is 33.4 Å². The predicted molar refractivity (Wildman–Crippen MR) is 61.6 cm³/mol. The third-order valence-corrected chi connectivity index (χ3v) is 2.69. The Morgan fingerprint density at radius 1 is 1.46 bits per heavy atom. The first-order chi connectivity index (χ1) is 6.24. The van der Waals surface area contributed by atoms with E-state index in [4.69, 9.17) is 5.26 Å². The minimum atomic E-state index is 0.00273. The Morgan fingerprint density at radius 3 is 2.62 bits per heavy atom. The lowest BCUT2D eigenvalue weighted by molar-refractivity contribution is 0.102. The number of Topliss-reactive ketones (excluding diaryl/α,β-unsaturated/α-hetero) is 1. The summed E-state index contributed by atoms with van der Waals surface area (Å²) in [5, 5.41) is 10.1. The van der Waals surface area contributed by atoms with Gasteiger partial charge in [0.15, 0.2) is 5.78 Å². The highest BCUT2D eigenvalue weighted by Gasteiger charge is 2.04. The molecular weight excluding hydrogens is 297 g/mol. The summed E-state index contributed by atoms with van der Waals surface area (Å²) in [5.74, 6) is 0.236. The summed E-state index contributed by atoms with van der Waals surface area (Å²) in [6.07, 6.45) is 0. The molecule has 0 unspecified atom stereocenters. The molecule has 0 saturated heterocycles. The van der Waals surface area contributed by atoms with Gasteiger partial charge in [0.1, 0.15) is 5.40 Å². The Morgan fingerprint density at radius 2 is 2.08 bits per heavy atom. The third-order valence-electron chi connectivity index (χ3n) is 1.43. The van der Waals surface area contributed by atoms with Crippen molar-refractivity contribution in [2.45, 2.75) is 0 Å². The molecule has 0 heterocycles. The standard InChI is InChI=1S/C9H6INOS/c10-8-3-1-7(2-4-8)9(12)5-13-6-11/h1-4H,5H2. The fourth-order valence-corrected chi connectivity index (χ4v) is 1.54. The maximum atomic E-state index is 11.3. The zero-order valence-electron chi connectivity index (χ0n) is 6.66. The number of rotatable bonds is 3. The highest BCUT2D eigenvalue weighted by molar-refractivity contribution is 14.1. The number of carbonyl (C=O) groups excluding carboxylic acids is 1. The average molecular weight is 303 g/mol. The number of thioether (sulfide) groups is 1. The van der Waals surface area contributed by atoms with Gasteiger partial charge in [-0.05, 0) is 46.5 Å². The zero-order chi connectivity index (χ0) is 9.68. The second kappa shape index (κ2) is 5.25. The second-order valence-electron chi connectivity index (χ2n) is 2.31. The van der Waals surface area contributed by atoms with Gasteiger partial charge in [-0.1, -0.05) is 12.1 Å². The van der Waals surface area contributed by atoms with E-state index in [2.05, 4.69) is 22.6 Å². The van der Waals surface area contributed by atoms with Gasteiger partial charge < -0.3 is 0 Å². The first-order valence-corrected chi connectivity index (χ1v) is 5.60. The maximum Gasteiger partial charge on any atom is 0.173 e. The molecule has 0 atom stereocenters. The minimum Gasteiger partial charge on any atom is -0.293 e. The molecule has 0 saturated carbocycles. The first kappa shape index (κ1) is 10.5. The van der Waals surface area contributed by atoms with E-state index in [1.54, 1.807) is 12.1 Å². The number of hydrogen-bond acceptors (Lipinski definition) is 3. The van der Waals surface area contributed by atoms with Crippen molar-refractivity contribution < 1.29 is 4.79 Å². The van der Waals surface area contributed by atoms with Gasteiger partial charge in [-0.2, -0.15) is 5.26 Å². The Balaban J connectivity index is 2.68. The number of nitrogens with zero attached hydrogens (tertiary/aromatic N) is 1. The van der Waals surface area contributed by atoms with Crippen LogP contribution in [-0.4, -0.2) is 11.5 Å². The summed E-state index contributed by atoms with van der Waals surface area (Å²) in [4.78, 5) is 11.3. The Bertz CT molecular complexity index is 342. The second-order valence-corrected chi connectivity index (χ2v) is 4.32. The molecule has 66 valence electrons. The molecule has 0 radical (unpaired) electrons. The normalized spacial score (nSPS) is 9.23. The van der Waals surface area contributed by atoms with E-state index in [1.165, 1.54) is 0 Å². The van der Waals surface area contributed by atoms with Crippen molar-refractivity contribution in [3.63, 3.8) is 0 Å². The van der Waals surface area contributed by atoms with Crippen molar-refractivity contribution in [2.75, 3.05) is 5.75 Å². The fraction of sp³-hybridized carbons (Fsp3) is 0.111. The lowest BCUT2D eigenvalue weighted by atomic mass is 10.2. The molecule has 1 rings (SSSR count). The van der Waals surface area contributed by atoms with E-state index in [-0.39, 0.29) is 11.5 Å². The smallest absolute Gasteiger partial charge is 0.173 e. The monoisotopic (exact) mass is 303 g/mol. The van der Waals surface area contributed by atoms with Crippen LogP contribution in [0.4, 0.5) is 0 Å². The van der Waals surface area contributed by atoms with Gasteiger partial charge in [-0.3, -0.25) is 4.79 Å². The third kappa shape index (κ3) is 3.36. The van der Waals surface area contributed by atoms with Gasteiger partial charge in [0.2, 0.25) is 0 Å². The number of hydrogen-bond donors (Lipinski definition) is 0. The SMILES string of the molecule is N#CSCC(=O)c1ccc(I)cc1. The number of benzene rings is 1. The molecule has 2 nitrogen and oxygen atoms in total. The van der Waals surface area contributed by atoms with Gasteiger partial charge in [0.25, 0.3) is 0 Å². The van der Waals surface area contributed by atoms with Crippen molar-refractivity contribution in [2.24, 2.45) is 0 Å². The summed E-state index contributed by atoms with van der Waals surface area (Å²) in [6.45, 7) is 0. The van der Waals surface area contributed by atoms with Crippen molar-refractivity contribution in [1.82, 2.24) is 0 Å². The van der Waals surface area contributed by atoms with Crippen molar-refractivity contribution in [3.8, 4) is 5.40 Å². The summed E-state index contributed by atoms with van der Waals surface area (Å²) >= 11 is 3.15. The van der Waals surface area contributed by atoms with Crippen LogP contribution in [-0.2, 0) is 0 Å². The highest BCUT2D eigenvalue weighted by Crippen LogP contribution is 2.09. The summed E-state index contributed by atoms with van der Waals surface area (Å²) in [6, 6.07) is 7.32. The van der Waals surface area contributed by atoms with E-state index in [0.717, 1.165) is 15.3 Å². The highest BCUT2D eigenvalue weighted by atomic mass is 127. The van der Waals surface area contributed by atoms with Crippen LogP contribution in [0.3, 0.4) is 0 Å². The summed E-state index contributed by atoms with van der Waals surface area (Å²) in [5.41, 5.74) is 0.670. The lowest BCUT2D eigenvalue weighted by Gasteiger charge is -1.97. The van der Waals surface area contributed by atoms with Gasteiger partial charge in [0.05, 0.1) is 5.75 Å². The van der Waals surface area contributed by atoms with Crippen LogP contribution >= 0.6 is 34.4 Å².